The van der Waals surface area contributed by atoms with Gasteiger partial charge < -0.3 is 5.11 Å². The molecule has 30 heavy (non-hydrogen) atoms. The van der Waals surface area contributed by atoms with Gasteiger partial charge >= 0.3 is 0 Å². The number of aryl methyl sites for hydroxylation is 1. The predicted molar refractivity (Wildman–Crippen MR) is 113 cm³/mol. The van der Waals surface area contributed by atoms with E-state index < -0.39 is 11.1 Å². The van der Waals surface area contributed by atoms with Crippen LogP contribution in [-0.4, -0.2) is 26.0 Å². The van der Waals surface area contributed by atoms with E-state index in [0.29, 0.717) is 11.3 Å². The molecule has 10 heteroatoms. The number of carbonyl (C=O) groups is 2. The summed E-state index contributed by atoms with van der Waals surface area (Å²) in [7, 11) is 0. The van der Waals surface area contributed by atoms with Crippen molar-refractivity contribution in [2.75, 3.05) is 0 Å². The standard InChI is InChI=1S/C20H21N5O4S/c1-11-17(19(28)25(24-11)13-5-3-2-4-6-13)23-22-14-8-7-12(9-15(14)26)10-16-18(27)21-20(29)30-16/h7-10,13,24,26H,2-6H2,1H3,(H,21,27,29). The molecule has 4 rings (SSSR count). The van der Waals surface area contributed by atoms with E-state index in [-0.39, 0.29) is 33.6 Å². The Balaban J connectivity index is 1.55. The Morgan fingerprint density at radius 1 is 1.17 bits per heavy atom. The Bertz CT molecular complexity index is 1120. The molecule has 0 atom stereocenters. The number of hydrogen-bond acceptors (Lipinski definition) is 7. The van der Waals surface area contributed by atoms with Gasteiger partial charge in [-0.3, -0.25) is 24.8 Å². The number of thioether (sulfide) groups is 1. The van der Waals surface area contributed by atoms with Gasteiger partial charge in [-0.15, -0.1) is 10.2 Å². The lowest BCUT2D eigenvalue weighted by Crippen LogP contribution is -2.24. The summed E-state index contributed by atoms with van der Waals surface area (Å²) in [6, 6.07) is 4.75. The quantitative estimate of drug-likeness (QED) is 0.491. The summed E-state index contributed by atoms with van der Waals surface area (Å²) in [5.41, 5.74) is 1.38. The minimum Gasteiger partial charge on any atom is -0.506 e. The van der Waals surface area contributed by atoms with E-state index in [1.54, 1.807) is 17.7 Å². The number of azo groups is 1. The van der Waals surface area contributed by atoms with Crippen LogP contribution in [0.4, 0.5) is 16.2 Å². The van der Waals surface area contributed by atoms with Crippen molar-refractivity contribution in [2.45, 2.75) is 45.1 Å². The average Bonchev–Trinajstić information content (AvgIpc) is 3.19. The number of H-pyrrole nitrogens is 1. The Kier molecular flexibility index (Phi) is 5.58. The van der Waals surface area contributed by atoms with Crippen molar-refractivity contribution in [3.05, 3.63) is 44.7 Å². The van der Waals surface area contributed by atoms with Crippen LogP contribution in [0.2, 0.25) is 0 Å². The maximum absolute atomic E-state index is 12.7. The molecular weight excluding hydrogens is 406 g/mol. The van der Waals surface area contributed by atoms with Crippen molar-refractivity contribution < 1.29 is 14.7 Å². The minimum atomic E-state index is -0.467. The van der Waals surface area contributed by atoms with Crippen molar-refractivity contribution in [1.29, 1.82) is 0 Å². The van der Waals surface area contributed by atoms with Crippen LogP contribution >= 0.6 is 11.8 Å². The summed E-state index contributed by atoms with van der Waals surface area (Å²) in [5, 5.41) is 23.2. The van der Waals surface area contributed by atoms with E-state index in [1.807, 2.05) is 0 Å². The van der Waals surface area contributed by atoms with Gasteiger partial charge in [0.25, 0.3) is 16.7 Å². The van der Waals surface area contributed by atoms with Crippen LogP contribution in [0, 0.1) is 6.92 Å². The minimum absolute atomic E-state index is 0.149. The van der Waals surface area contributed by atoms with Gasteiger partial charge in [0, 0.05) is 0 Å². The smallest absolute Gasteiger partial charge is 0.294 e. The maximum atomic E-state index is 12.7. The number of aromatic amines is 1. The van der Waals surface area contributed by atoms with Crippen LogP contribution in [0.15, 0.2) is 38.1 Å². The molecule has 9 nitrogen and oxygen atoms in total. The van der Waals surface area contributed by atoms with Crippen LogP contribution in [0.25, 0.3) is 6.08 Å². The molecule has 2 aliphatic rings. The van der Waals surface area contributed by atoms with Gasteiger partial charge in [0.1, 0.15) is 11.4 Å². The fourth-order valence-corrected chi connectivity index (χ4v) is 4.35. The Morgan fingerprint density at radius 3 is 2.60 bits per heavy atom. The average molecular weight is 427 g/mol. The molecule has 2 fully saturated rings. The van der Waals surface area contributed by atoms with Crippen LogP contribution < -0.4 is 10.9 Å². The highest BCUT2D eigenvalue weighted by Gasteiger charge is 2.25. The van der Waals surface area contributed by atoms with Crippen molar-refractivity contribution in [2.24, 2.45) is 10.2 Å². The highest BCUT2D eigenvalue weighted by atomic mass is 32.2. The number of benzene rings is 1. The zero-order chi connectivity index (χ0) is 21.3. The molecule has 3 N–H and O–H groups in total. The Hall–Kier alpha value is -3.14. The molecule has 1 aromatic carbocycles. The molecule has 0 spiro atoms. The second-order valence-corrected chi connectivity index (χ2v) is 8.37. The van der Waals surface area contributed by atoms with Gasteiger partial charge in [-0.2, -0.15) is 0 Å². The predicted octanol–water partition coefficient (Wildman–Crippen LogP) is 4.43. The number of phenolic OH excluding ortho intramolecular Hbond substituents is 1. The first-order valence-corrected chi connectivity index (χ1v) is 10.5. The zero-order valence-electron chi connectivity index (χ0n) is 16.3. The summed E-state index contributed by atoms with van der Waals surface area (Å²) >= 11 is 0.801. The first-order valence-electron chi connectivity index (χ1n) is 9.73. The number of imide groups is 1. The van der Waals surface area contributed by atoms with Gasteiger partial charge in [0.15, 0.2) is 5.69 Å². The van der Waals surface area contributed by atoms with Crippen molar-refractivity contribution >= 4 is 40.4 Å². The Morgan fingerprint density at radius 2 is 1.93 bits per heavy atom. The fourth-order valence-electron chi connectivity index (χ4n) is 3.66. The van der Waals surface area contributed by atoms with Crippen molar-refractivity contribution in [3.63, 3.8) is 0 Å². The van der Waals surface area contributed by atoms with Crippen molar-refractivity contribution in [1.82, 2.24) is 15.1 Å². The van der Waals surface area contributed by atoms with Gasteiger partial charge in [-0.1, -0.05) is 25.3 Å². The Labute approximate surface area is 176 Å². The van der Waals surface area contributed by atoms with Crippen LogP contribution in [0.5, 0.6) is 5.75 Å². The monoisotopic (exact) mass is 427 g/mol. The normalized spacial score (nSPS) is 19.2. The van der Waals surface area contributed by atoms with E-state index >= 15 is 0 Å². The highest BCUT2D eigenvalue weighted by molar-refractivity contribution is 8.18. The molecule has 156 valence electrons. The summed E-state index contributed by atoms with van der Waals surface area (Å²) in [6.07, 6.45) is 6.85. The molecule has 0 bridgehead atoms. The van der Waals surface area contributed by atoms with Gasteiger partial charge in [-0.25, -0.2) is 4.68 Å². The van der Waals surface area contributed by atoms with E-state index in [9.17, 15) is 19.5 Å². The largest absolute Gasteiger partial charge is 0.506 e. The number of nitrogens with one attached hydrogen (secondary N) is 2. The van der Waals surface area contributed by atoms with E-state index in [0.717, 1.165) is 37.4 Å². The second kappa shape index (κ2) is 8.31. The number of aromatic hydroxyl groups is 1. The van der Waals surface area contributed by atoms with Gasteiger partial charge in [-0.05, 0) is 55.3 Å². The van der Waals surface area contributed by atoms with E-state index in [1.165, 1.54) is 24.6 Å². The lowest BCUT2D eigenvalue weighted by Gasteiger charge is -2.21. The first-order chi connectivity index (χ1) is 14.4. The van der Waals surface area contributed by atoms with Crippen molar-refractivity contribution in [3.8, 4) is 5.75 Å². The molecule has 2 aromatic rings. The summed E-state index contributed by atoms with van der Waals surface area (Å²) in [6.45, 7) is 1.77. The molecule has 1 aromatic heterocycles. The number of nitrogens with zero attached hydrogens (tertiary/aromatic N) is 3. The summed E-state index contributed by atoms with van der Waals surface area (Å²) in [4.78, 5) is 35.9. The van der Waals surface area contributed by atoms with Crippen LogP contribution in [0.1, 0.15) is 49.4 Å². The van der Waals surface area contributed by atoms with E-state index in [2.05, 4.69) is 20.6 Å². The van der Waals surface area contributed by atoms with E-state index in [4.69, 9.17) is 0 Å². The molecule has 2 amide bonds. The molecule has 2 heterocycles. The molecule has 1 saturated heterocycles. The molecule has 1 aliphatic carbocycles. The number of phenols is 1. The molecule has 1 saturated carbocycles. The van der Waals surface area contributed by atoms with Crippen LogP contribution in [0.3, 0.4) is 0 Å². The zero-order valence-corrected chi connectivity index (χ0v) is 17.2. The third-order valence-electron chi connectivity index (χ3n) is 5.20. The topological polar surface area (TPSA) is 129 Å². The first kappa shape index (κ1) is 20.1. The fraction of sp³-hybridized carbons (Fsp3) is 0.350. The lowest BCUT2D eigenvalue weighted by molar-refractivity contribution is -0.115. The second-order valence-electron chi connectivity index (χ2n) is 7.35. The highest BCUT2D eigenvalue weighted by Crippen LogP contribution is 2.32. The number of amides is 2. The number of hydrogen-bond donors (Lipinski definition) is 3. The van der Waals surface area contributed by atoms with Gasteiger partial charge in [0.05, 0.1) is 16.6 Å². The maximum Gasteiger partial charge on any atom is 0.294 e. The van der Waals surface area contributed by atoms with Gasteiger partial charge in [0.2, 0.25) is 0 Å². The molecule has 0 radical (unpaired) electrons. The summed E-state index contributed by atoms with van der Waals surface area (Å²) in [5.74, 6) is -0.617. The molecule has 1 aliphatic heterocycles. The lowest BCUT2D eigenvalue weighted by atomic mass is 9.96. The molecular formula is C20H21N5O4S. The third-order valence-corrected chi connectivity index (χ3v) is 6.01. The van der Waals surface area contributed by atoms with Crippen LogP contribution in [-0.2, 0) is 4.79 Å². The number of rotatable bonds is 4. The number of carbonyl (C=O) groups excluding carboxylic acids is 2. The third kappa shape index (κ3) is 4.09. The SMILES string of the molecule is Cc1[nH]n(C2CCCCC2)c(=O)c1N=Nc1ccc(C=C2SC(=O)NC2=O)cc1O. The number of aromatic nitrogens is 2. The molecule has 0 unspecified atom stereocenters. The summed E-state index contributed by atoms with van der Waals surface area (Å²) < 4.78 is 1.64.